The zero-order chi connectivity index (χ0) is 14.0. The van der Waals surface area contributed by atoms with Crippen LogP contribution in [0.25, 0.3) is 0 Å². The van der Waals surface area contributed by atoms with Gasteiger partial charge in [0.2, 0.25) is 15.9 Å². The Labute approximate surface area is 118 Å². The topological polar surface area (TPSA) is 89.2 Å². The monoisotopic (exact) mass is 346 g/mol. The fourth-order valence-corrected chi connectivity index (χ4v) is 3.03. The van der Waals surface area contributed by atoms with E-state index in [9.17, 15) is 8.42 Å². The molecule has 7 nitrogen and oxygen atoms in total. The van der Waals surface area contributed by atoms with Crippen molar-refractivity contribution in [1.29, 1.82) is 0 Å². The van der Waals surface area contributed by atoms with E-state index in [4.69, 9.17) is 4.52 Å². The number of pyridine rings is 1. The van der Waals surface area contributed by atoms with Crippen LogP contribution in [-0.4, -0.2) is 34.9 Å². The number of aryl methyl sites for hydroxylation is 1. The second-order valence-electron chi connectivity index (χ2n) is 3.83. The fraction of sp³-hybridized carbons (Fsp3) is 0.300. The van der Waals surface area contributed by atoms with Gasteiger partial charge in [0.05, 0.1) is 6.54 Å². The summed E-state index contributed by atoms with van der Waals surface area (Å²) in [4.78, 5) is 7.91. The number of hydrogen-bond donors (Lipinski definition) is 0. The summed E-state index contributed by atoms with van der Waals surface area (Å²) in [5.41, 5.74) is 0. The lowest BCUT2D eigenvalue weighted by molar-refractivity contribution is 0.377. The molecule has 0 N–H and O–H groups in total. The average Bonchev–Trinajstić information content (AvgIpc) is 2.74. The number of aromatic nitrogens is 3. The number of halogens is 1. The highest BCUT2D eigenvalue weighted by Gasteiger charge is 2.23. The molecule has 0 aromatic carbocycles. The van der Waals surface area contributed by atoms with E-state index in [-0.39, 0.29) is 11.4 Å². The van der Waals surface area contributed by atoms with Gasteiger partial charge in [0.15, 0.2) is 5.82 Å². The third kappa shape index (κ3) is 3.17. The first-order valence-electron chi connectivity index (χ1n) is 5.25. The average molecular weight is 347 g/mol. The van der Waals surface area contributed by atoms with Crippen LogP contribution in [0.5, 0.6) is 0 Å². The van der Waals surface area contributed by atoms with Gasteiger partial charge in [-0.25, -0.2) is 8.42 Å². The Morgan fingerprint density at radius 2 is 2.16 bits per heavy atom. The molecule has 2 heterocycles. The molecule has 0 aliphatic carbocycles. The largest absolute Gasteiger partial charge is 0.340 e. The highest BCUT2D eigenvalue weighted by atomic mass is 79.9. The van der Waals surface area contributed by atoms with Crippen molar-refractivity contribution >= 4 is 26.0 Å². The molecule has 0 bridgehead atoms. The van der Waals surface area contributed by atoms with Gasteiger partial charge in [-0.3, -0.25) is 4.98 Å². The lowest BCUT2D eigenvalue weighted by atomic mass is 10.5. The third-order valence-electron chi connectivity index (χ3n) is 2.32. The van der Waals surface area contributed by atoms with Crippen LogP contribution in [0.4, 0.5) is 0 Å². The molecule has 102 valence electrons. The Bertz CT molecular complexity index is 686. The molecule has 19 heavy (non-hydrogen) atoms. The molecule has 0 radical (unpaired) electrons. The van der Waals surface area contributed by atoms with Crippen molar-refractivity contribution in [3.05, 3.63) is 34.6 Å². The van der Waals surface area contributed by atoms with Crippen molar-refractivity contribution < 1.29 is 12.9 Å². The van der Waals surface area contributed by atoms with E-state index >= 15 is 0 Å². The maximum absolute atomic E-state index is 12.3. The Kier molecular flexibility index (Phi) is 3.97. The van der Waals surface area contributed by atoms with Crippen LogP contribution in [-0.2, 0) is 16.6 Å². The molecule has 0 spiro atoms. The Hall–Kier alpha value is -1.32. The summed E-state index contributed by atoms with van der Waals surface area (Å²) in [5, 5.41) is 3.66. The van der Waals surface area contributed by atoms with Crippen molar-refractivity contribution in [2.45, 2.75) is 18.4 Å². The minimum absolute atomic E-state index is 0.0339. The van der Waals surface area contributed by atoms with Crippen LogP contribution in [0.3, 0.4) is 0 Å². The van der Waals surface area contributed by atoms with Gasteiger partial charge in [-0.15, -0.1) is 0 Å². The zero-order valence-electron chi connectivity index (χ0n) is 10.2. The van der Waals surface area contributed by atoms with Crippen LogP contribution in [0.2, 0.25) is 0 Å². The maximum atomic E-state index is 12.3. The number of hydrogen-bond acceptors (Lipinski definition) is 6. The lowest BCUT2D eigenvalue weighted by Crippen LogP contribution is -2.27. The summed E-state index contributed by atoms with van der Waals surface area (Å²) in [6.07, 6.45) is 2.81. The van der Waals surface area contributed by atoms with Crippen molar-refractivity contribution in [2.75, 3.05) is 7.05 Å². The first kappa shape index (κ1) is 14.1. The minimum Gasteiger partial charge on any atom is -0.340 e. The van der Waals surface area contributed by atoms with Gasteiger partial charge >= 0.3 is 0 Å². The van der Waals surface area contributed by atoms with Gasteiger partial charge < -0.3 is 4.52 Å². The predicted octanol–water partition coefficient (Wildman–Crippen LogP) is 1.36. The molecule has 0 saturated heterocycles. The lowest BCUT2D eigenvalue weighted by Gasteiger charge is -2.14. The molecule has 9 heteroatoms. The first-order chi connectivity index (χ1) is 8.89. The summed E-state index contributed by atoms with van der Waals surface area (Å²) in [7, 11) is -2.18. The van der Waals surface area contributed by atoms with E-state index in [1.807, 2.05) is 0 Å². The SMILES string of the molecule is Cc1nc(CN(C)S(=O)(=O)c2cncc(Br)c2)no1. The summed E-state index contributed by atoms with van der Waals surface area (Å²) in [6, 6.07) is 1.49. The highest BCUT2D eigenvalue weighted by molar-refractivity contribution is 9.10. The molecular formula is C10H11BrN4O3S. The molecule has 0 fully saturated rings. The van der Waals surface area contributed by atoms with Crippen LogP contribution in [0.15, 0.2) is 32.4 Å². The minimum atomic E-state index is -3.63. The third-order valence-corrected chi connectivity index (χ3v) is 4.52. The van der Waals surface area contributed by atoms with Gasteiger partial charge in [0, 0.05) is 30.8 Å². The number of sulfonamides is 1. The summed E-state index contributed by atoms with van der Waals surface area (Å²) in [6.45, 7) is 1.68. The summed E-state index contributed by atoms with van der Waals surface area (Å²) < 4.78 is 31.1. The molecule has 0 aliphatic heterocycles. The Morgan fingerprint density at radius 1 is 1.42 bits per heavy atom. The van der Waals surface area contributed by atoms with Gasteiger partial charge in [0.1, 0.15) is 4.90 Å². The van der Waals surface area contributed by atoms with Gasteiger partial charge in [0.25, 0.3) is 0 Å². The Morgan fingerprint density at radius 3 is 2.74 bits per heavy atom. The van der Waals surface area contributed by atoms with E-state index in [0.29, 0.717) is 16.2 Å². The van der Waals surface area contributed by atoms with E-state index in [1.54, 1.807) is 6.92 Å². The molecule has 0 aliphatic rings. The number of rotatable bonds is 4. The molecule has 0 unspecified atom stereocenters. The van der Waals surface area contributed by atoms with Gasteiger partial charge in [-0.2, -0.15) is 9.29 Å². The van der Waals surface area contributed by atoms with E-state index in [0.717, 1.165) is 4.31 Å². The quantitative estimate of drug-likeness (QED) is 0.830. The molecule has 0 amide bonds. The Balaban J connectivity index is 2.24. The van der Waals surface area contributed by atoms with Crippen LogP contribution in [0, 0.1) is 6.92 Å². The first-order valence-corrected chi connectivity index (χ1v) is 7.49. The van der Waals surface area contributed by atoms with E-state index in [2.05, 4.69) is 31.1 Å². The normalized spacial score (nSPS) is 12.0. The second kappa shape index (κ2) is 5.35. The summed E-state index contributed by atoms with van der Waals surface area (Å²) in [5.74, 6) is 0.705. The van der Waals surface area contributed by atoms with Crippen molar-refractivity contribution in [3.63, 3.8) is 0 Å². The highest BCUT2D eigenvalue weighted by Crippen LogP contribution is 2.18. The molecule has 0 atom stereocenters. The van der Waals surface area contributed by atoms with Crippen LogP contribution >= 0.6 is 15.9 Å². The molecule has 2 rings (SSSR count). The number of nitrogens with zero attached hydrogens (tertiary/aromatic N) is 4. The fourth-order valence-electron chi connectivity index (χ4n) is 1.40. The van der Waals surface area contributed by atoms with E-state index in [1.165, 1.54) is 25.5 Å². The van der Waals surface area contributed by atoms with Crippen molar-refractivity contribution in [2.24, 2.45) is 0 Å². The molecular weight excluding hydrogens is 336 g/mol. The smallest absolute Gasteiger partial charge is 0.244 e. The maximum Gasteiger partial charge on any atom is 0.244 e. The standard InChI is InChI=1S/C10H11BrN4O3S/c1-7-13-10(14-18-7)6-15(2)19(16,17)9-3-8(11)4-12-5-9/h3-5H,6H2,1-2H3. The molecule has 2 aromatic rings. The van der Waals surface area contributed by atoms with Crippen molar-refractivity contribution in [1.82, 2.24) is 19.4 Å². The van der Waals surface area contributed by atoms with Gasteiger partial charge in [-0.05, 0) is 22.0 Å². The van der Waals surface area contributed by atoms with E-state index < -0.39 is 10.0 Å². The zero-order valence-corrected chi connectivity index (χ0v) is 12.6. The predicted molar refractivity (Wildman–Crippen MR) is 69.6 cm³/mol. The van der Waals surface area contributed by atoms with Gasteiger partial charge in [-0.1, -0.05) is 5.16 Å². The van der Waals surface area contributed by atoms with Crippen molar-refractivity contribution in [3.8, 4) is 0 Å². The molecule has 0 saturated carbocycles. The molecule has 2 aromatic heterocycles. The second-order valence-corrected chi connectivity index (χ2v) is 6.79. The summed E-state index contributed by atoms with van der Waals surface area (Å²) >= 11 is 3.19. The van der Waals surface area contributed by atoms with Crippen LogP contribution in [0.1, 0.15) is 11.7 Å². The van der Waals surface area contributed by atoms with Crippen LogP contribution < -0.4 is 0 Å².